The van der Waals surface area contributed by atoms with Crippen molar-refractivity contribution in [3.63, 3.8) is 0 Å². The fourth-order valence-electron chi connectivity index (χ4n) is 5.11. The number of carbonyl (C=O) groups excluding carboxylic acids is 1. The first kappa shape index (κ1) is 25.9. The number of carbonyl (C=O) groups is 1. The molecule has 1 saturated heterocycles. The molecule has 2 heterocycles. The monoisotopic (exact) mass is 484 g/mol. The summed E-state index contributed by atoms with van der Waals surface area (Å²) in [6.07, 6.45) is 4.97. The van der Waals surface area contributed by atoms with E-state index in [0.717, 1.165) is 81.2 Å². The molecule has 0 aliphatic carbocycles. The van der Waals surface area contributed by atoms with E-state index in [9.17, 15) is 4.79 Å². The van der Waals surface area contributed by atoms with Crippen LogP contribution in [0.3, 0.4) is 0 Å². The van der Waals surface area contributed by atoms with Gasteiger partial charge in [-0.15, -0.1) is 0 Å². The number of amides is 1. The molecule has 0 radical (unpaired) electrons. The van der Waals surface area contributed by atoms with Crippen LogP contribution in [0.25, 0.3) is 11.4 Å². The lowest BCUT2D eigenvalue weighted by Gasteiger charge is -2.38. The van der Waals surface area contributed by atoms with Gasteiger partial charge in [-0.05, 0) is 38.3 Å². The third-order valence-electron chi connectivity index (χ3n) is 7.33. The van der Waals surface area contributed by atoms with Crippen LogP contribution in [0.4, 0.5) is 5.82 Å². The molecule has 3 aromatic rings. The normalized spacial score (nSPS) is 14.7. The van der Waals surface area contributed by atoms with Gasteiger partial charge in [-0.1, -0.05) is 80.8 Å². The predicted octanol–water partition coefficient (Wildman–Crippen LogP) is 6.22. The number of rotatable bonds is 9. The molecule has 1 atom stereocenters. The second-order valence-electron chi connectivity index (χ2n) is 10.0. The molecule has 0 bridgehead atoms. The molecule has 5 nitrogen and oxygen atoms in total. The molecule has 1 aliphatic heterocycles. The van der Waals surface area contributed by atoms with E-state index in [1.54, 1.807) is 0 Å². The van der Waals surface area contributed by atoms with Crippen molar-refractivity contribution in [1.29, 1.82) is 0 Å². The number of benzene rings is 2. The first-order valence-electron chi connectivity index (χ1n) is 13.5. The Kier molecular flexibility index (Phi) is 8.74. The van der Waals surface area contributed by atoms with Crippen molar-refractivity contribution in [2.75, 3.05) is 31.1 Å². The number of hydrogen-bond acceptors (Lipinski definition) is 4. The van der Waals surface area contributed by atoms with Gasteiger partial charge in [-0.25, -0.2) is 9.97 Å². The molecule has 0 saturated carbocycles. The summed E-state index contributed by atoms with van der Waals surface area (Å²) >= 11 is 0. The minimum atomic E-state index is 0.152. The van der Waals surface area contributed by atoms with Gasteiger partial charge >= 0.3 is 0 Å². The van der Waals surface area contributed by atoms with E-state index in [1.165, 1.54) is 16.7 Å². The average molecular weight is 485 g/mol. The van der Waals surface area contributed by atoms with Crippen molar-refractivity contribution in [1.82, 2.24) is 14.9 Å². The van der Waals surface area contributed by atoms with Crippen LogP contribution in [0.1, 0.15) is 61.9 Å². The van der Waals surface area contributed by atoms with Crippen molar-refractivity contribution >= 4 is 11.7 Å². The third-order valence-corrected chi connectivity index (χ3v) is 7.33. The smallest absolute Gasteiger partial charge is 0.225 e. The molecular weight excluding hydrogens is 444 g/mol. The predicted molar refractivity (Wildman–Crippen MR) is 148 cm³/mol. The summed E-state index contributed by atoms with van der Waals surface area (Å²) in [6, 6.07) is 18.9. The topological polar surface area (TPSA) is 49.3 Å². The number of aryl methyl sites for hydroxylation is 2. The van der Waals surface area contributed by atoms with E-state index in [4.69, 9.17) is 9.97 Å². The van der Waals surface area contributed by atoms with E-state index in [-0.39, 0.29) is 5.92 Å². The molecule has 1 aromatic heterocycles. The summed E-state index contributed by atoms with van der Waals surface area (Å²) in [5, 5.41) is 0. The Morgan fingerprint density at radius 2 is 1.69 bits per heavy atom. The maximum atomic E-state index is 13.2. The first-order chi connectivity index (χ1) is 17.5. The van der Waals surface area contributed by atoms with Crippen LogP contribution in [0.15, 0.2) is 54.6 Å². The van der Waals surface area contributed by atoms with E-state index in [0.29, 0.717) is 5.91 Å². The summed E-state index contributed by atoms with van der Waals surface area (Å²) < 4.78 is 0. The molecule has 0 unspecified atom stereocenters. The van der Waals surface area contributed by atoms with Crippen molar-refractivity contribution in [2.24, 2.45) is 5.92 Å². The van der Waals surface area contributed by atoms with Gasteiger partial charge in [-0.2, -0.15) is 0 Å². The van der Waals surface area contributed by atoms with E-state index in [2.05, 4.69) is 92.1 Å². The van der Waals surface area contributed by atoms with Gasteiger partial charge in [0.1, 0.15) is 5.82 Å². The Morgan fingerprint density at radius 3 is 2.36 bits per heavy atom. The van der Waals surface area contributed by atoms with Gasteiger partial charge in [0, 0.05) is 55.3 Å². The Hall–Kier alpha value is -3.21. The number of unbranched alkanes of at least 4 members (excludes halogenated alkanes) is 1. The maximum Gasteiger partial charge on any atom is 0.225 e. The second-order valence-corrected chi connectivity index (χ2v) is 10.0. The lowest BCUT2D eigenvalue weighted by Crippen LogP contribution is -2.51. The number of piperazine rings is 1. The molecule has 1 amide bonds. The Bertz CT molecular complexity index is 1150. The lowest BCUT2D eigenvalue weighted by molar-refractivity contribution is -0.136. The molecule has 190 valence electrons. The van der Waals surface area contributed by atoms with Crippen molar-refractivity contribution < 1.29 is 4.79 Å². The van der Waals surface area contributed by atoms with E-state index >= 15 is 0 Å². The molecule has 36 heavy (non-hydrogen) atoms. The van der Waals surface area contributed by atoms with Crippen LogP contribution in [0.5, 0.6) is 0 Å². The highest BCUT2D eigenvalue weighted by molar-refractivity contribution is 5.79. The molecule has 5 heteroatoms. The van der Waals surface area contributed by atoms with Gasteiger partial charge in [0.05, 0.1) is 0 Å². The quantitative estimate of drug-likeness (QED) is 0.362. The van der Waals surface area contributed by atoms with Crippen LogP contribution in [-0.2, 0) is 11.2 Å². The number of nitrogens with zero attached hydrogens (tertiary/aromatic N) is 4. The molecule has 1 fully saturated rings. The van der Waals surface area contributed by atoms with Crippen LogP contribution >= 0.6 is 0 Å². The Labute approximate surface area is 216 Å². The van der Waals surface area contributed by atoms with Crippen molar-refractivity contribution in [2.45, 2.75) is 59.8 Å². The molecule has 4 rings (SSSR count). The summed E-state index contributed by atoms with van der Waals surface area (Å²) in [4.78, 5) is 27.7. The Balaban J connectivity index is 1.61. The summed E-state index contributed by atoms with van der Waals surface area (Å²) in [5.41, 5.74) is 5.69. The highest BCUT2D eigenvalue weighted by atomic mass is 16.2. The minimum Gasteiger partial charge on any atom is -0.353 e. The molecule has 2 aromatic carbocycles. The largest absolute Gasteiger partial charge is 0.353 e. The summed E-state index contributed by atoms with van der Waals surface area (Å²) in [7, 11) is 0. The number of anilines is 1. The summed E-state index contributed by atoms with van der Waals surface area (Å²) in [5.74, 6) is 2.26. The minimum absolute atomic E-state index is 0.152. The van der Waals surface area contributed by atoms with Crippen molar-refractivity contribution in [3.8, 4) is 11.4 Å². The van der Waals surface area contributed by atoms with Crippen LogP contribution in [-0.4, -0.2) is 47.0 Å². The van der Waals surface area contributed by atoms with Gasteiger partial charge < -0.3 is 9.80 Å². The second kappa shape index (κ2) is 12.2. The molecular formula is C31H40N4O. The standard InChI is InChI=1S/C31H40N4O/c1-5-7-15-26(6-2)31(36)35-19-17-34(18-20-35)30-28(22-25-13-9-8-10-14-25)24(4)32-29(33-30)27-16-11-12-23(3)21-27/h8-14,16,21,26H,5-7,15,17-20,22H2,1-4H3/t26-/m1/s1. The van der Waals surface area contributed by atoms with Crippen LogP contribution < -0.4 is 4.90 Å². The van der Waals surface area contributed by atoms with E-state index in [1.807, 2.05) is 0 Å². The van der Waals surface area contributed by atoms with E-state index < -0.39 is 0 Å². The maximum absolute atomic E-state index is 13.2. The molecule has 0 N–H and O–H groups in total. The van der Waals surface area contributed by atoms with Gasteiger partial charge in [-0.3, -0.25) is 4.79 Å². The lowest BCUT2D eigenvalue weighted by atomic mass is 9.97. The van der Waals surface area contributed by atoms with Gasteiger partial charge in [0.25, 0.3) is 0 Å². The molecule has 0 spiro atoms. The van der Waals surface area contributed by atoms with Gasteiger partial charge in [0.15, 0.2) is 5.82 Å². The molecule has 1 aliphatic rings. The Morgan fingerprint density at radius 1 is 0.944 bits per heavy atom. The average Bonchev–Trinajstić information content (AvgIpc) is 2.90. The zero-order valence-electron chi connectivity index (χ0n) is 22.3. The SMILES string of the molecule is CCCC[C@@H](CC)C(=O)N1CCN(c2nc(-c3cccc(C)c3)nc(C)c2Cc2ccccc2)CC1. The highest BCUT2D eigenvalue weighted by Gasteiger charge is 2.28. The number of aromatic nitrogens is 2. The zero-order valence-corrected chi connectivity index (χ0v) is 22.3. The van der Waals surface area contributed by atoms with Crippen molar-refractivity contribution in [3.05, 3.63) is 77.0 Å². The third kappa shape index (κ3) is 6.13. The van der Waals surface area contributed by atoms with Gasteiger partial charge in [0.2, 0.25) is 5.91 Å². The van der Waals surface area contributed by atoms with Crippen LogP contribution in [0.2, 0.25) is 0 Å². The summed E-state index contributed by atoms with van der Waals surface area (Å²) in [6.45, 7) is 11.6. The fraction of sp³-hybridized carbons (Fsp3) is 0.452. The zero-order chi connectivity index (χ0) is 25.5. The number of hydrogen-bond donors (Lipinski definition) is 0. The van der Waals surface area contributed by atoms with Crippen LogP contribution in [0, 0.1) is 19.8 Å². The fourth-order valence-corrected chi connectivity index (χ4v) is 5.11. The first-order valence-corrected chi connectivity index (χ1v) is 13.5. The highest BCUT2D eigenvalue weighted by Crippen LogP contribution is 2.29.